The van der Waals surface area contributed by atoms with E-state index in [1.54, 1.807) is 6.92 Å². The lowest BCUT2D eigenvalue weighted by atomic mass is 9.99. The van der Waals surface area contributed by atoms with Gasteiger partial charge in [0.15, 0.2) is 0 Å². The predicted octanol–water partition coefficient (Wildman–Crippen LogP) is 0.0770. The Hall–Kier alpha value is -0.620. The molecule has 1 saturated heterocycles. The van der Waals surface area contributed by atoms with Crippen LogP contribution in [0, 0.1) is 11.8 Å². The van der Waals surface area contributed by atoms with Crippen LogP contribution < -0.4 is 0 Å². The van der Waals surface area contributed by atoms with Crippen molar-refractivity contribution in [3.63, 3.8) is 0 Å². The molecule has 5 nitrogen and oxygen atoms in total. The lowest BCUT2D eigenvalue weighted by Gasteiger charge is -2.14. The highest BCUT2D eigenvalue weighted by Gasteiger charge is 2.39. The molecule has 1 aliphatic rings. The molecule has 1 heterocycles. The minimum absolute atomic E-state index is 0.0266. The van der Waals surface area contributed by atoms with Gasteiger partial charge in [0, 0.05) is 13.1 Å². The molecule has 0 amide bonds. The summed E-state index contributed by atoms with van der Waals surface area (Å²) in [6.07, 6.45) is 0. The summed E-state index contributed by atoms with van der Waals surface area (Å²) in [5.41, 5.74) is 0. The number of carbonyl (C=O) groups excluding carboxylic acids is 1. The first kappa shape index (κ1) is 12.4. The van der Waals surface area contributed by atoms with Crippen LogP contribution in [0.4, 0.5) is 0 Å². The molecule has 0 aliphatic carbocycles. The fourth-order valence-corrected chi connectivity index (χ4v) is 3.01. The molecule has 6 heteroatoms. The van der Waals surface area contributed by atoms with E-state index in [0.29, 0.717) is 6.54 Å². The second-order valence-corrected chi connectivity index (χ2v) is 6.08. The van der Waals surface area contributed by atoms with Gasteiger partial charge in [0.1, 0.15) is 0 Å². The van der Waals surface area contributed by atoms with Crippen molar-refractivity contribution in [2.75, 3.05) is 26.0 Å². The molecule has 0 N–H and O–H groups in total. The maximum absolute atomic E-state index is 11.6. The summed E-state index contributed by atoms with van der Waals surface area (Å²) in [6, 6.07) is 0. The molecule has 1 aliphatic heterocycles. The third-order valence-corrected chi connectivity index (χ3v) is 4.66. The quantitative estimate of drug-likeness (QED) is 0.650. The van der Waals surface area contributed by atoms with Gasteiger partial charge >= 0.3 is 5.97 Å². The van der Waals surface area contributed by atoms with Crippen LogP contribution in [-0.2, 0) is 19.6 Å². The van der Waals surface area contributed by atoms with Crippen LogP contribution in [-0.4, -0.2) is 44.6 Å². The number of ether oxygens (including phenoxy) is 1. The second-order valence-electron chi connectivity index (χ2n) is 3.82. The lowest BCUT2D eigenvalue weighted by Crippen LogP contribution is -2.31. The summed E-state index contributed by atoms with van der Waals surface area (Å²) in [4.78, 5) is 11.3. The molecule has 15 heavy (non-hydrogen) atoms. The van der Waals surface area contributed by atoms with E-state index in [1.165, 1.54) is 11.4 Å². The van der Waals surface area contributed by atoms with Crippen LogP contribution in [0.2, 0.25) is 0 Å². The second kappa shape index (κ2) is 4.49. The van der Waals surface area contributed by atoms with Gasteiger partial charge in [-0.3, -0.25) is 4.79 Å². The Morgan fingerprint density at radius 1 is 1.47 bits per heavy atom. The fraction of sp³-hybridized carbons (Fsp3) is 0.889. The molecule has 0 spiro atoms. The molecule has 2 unspecified atom stereocenters. The number of nitrogens with zero attached hydrogens (tertiary/aromatic N) is 1. The molecule has 1 fully saturated rings. The van der Waals surface area contributed by atoms with Gasteiger partial charge in [0.2, 0.25) is 10.0 Å². The maximum Gasteiger partial charge on any atom is 0.310 e. The highest BCUT2D eigenvalue weighted by Crippen LogP contribution is 2.26. The summed E-state index contributed by atoms with van der Waals surface area (Å²) in [7, 11) is -1.85. The summed E-state index contributed by atoms with van der Waals surface area (Å²) in [6.45, 7) is 4.14. The maximum atomic E-state index is 11.6. The van der Waals surface area contributed by atoms with Crippen molar-refractivity contribution in [1.29, 1.82) is 0 Å². The topological polar surface area (TPSA) is 63.7 Å². The van der Waals surface area contributed by atoms with Crippen molar-refractivity contribution in [2.24, 2.45) is 11.8 Å². The van der Waals surface area contributed by atoms with Crippen LogP contribution in [0.5, 0.6) is 0 Å². The molecule has 0 saturated carbocycles. The van der Waals surface area contributed by atoms with E-state index in [-0.39, 0.29) is 30.1 Å². The fourth-order valence-electron chi connectivity index (χ4n) is 1.79. The van der Waals surface area contributed by atoms with Crippen molar-refractivity contribution in [2.45, 2.75) is 13.8 Å². The zero-order valence-corrected chi connectivity index (χ0v) is 10.1. The number of hydrogen-bond acceptors (Lipinski definition) is 4. The van der Waals surface area contributed by atoms with E-state index in [9.17, 15) is 13.2 Å². The minimum atomic E-state index is -3.18. The average Bonchev–Trinajstić information content (AvgIpc) is 2.60. The van der Waals surface area contributed by atoms with Crippen molar-refractivity contribution in [1.82, 2.24) is 4.31 Å². The number of hydrogen-bond donors (Lipinski definition) is 0. The van der Waals surface area contributed by atoms with Gasteiger partial charge in [-0.1, -0.05) is 6.92 Å². The standard InChI is InChI=1S/C9H17NO4S/c1-4-15(12,13)10-5-7(2)8(6-10)9(11)14-3/h7-8H,4-6H2,1-3H3. The van der Waals surface area contributed by atoms with E-state index >= 15 is 0 Å². The molecule has 88 valence electrons. The molecule has 0 bridgehead atoms. The normalized spacial score (nSPS) is 27.9. The van der Waals surface area contributed by atoms with Gasteiger partial charge in [0.25, 0.3) is 0 Å². The zero-order valence-electron chi connectivity index (χ0n) is 9.26. The van der Waals surface area contributed by atoms with Crippen molar-refractivity contribution in [3.05, 3.63) is 0 Å². The van der Waals surface area contributed by atoms with E-state index in [4.69, 9.17) is 0 Å². The van der Waals surface area contributed by atoms with Gasteiger partial charge in [-0.15, -0.1) is 0 Å². The first-order valence-corrected chi connectivity index (χ1v) is 6.59. The first-order chi connectivity index (χ1) is 6.92. The Morgan fingerprint density at radius 2 is 2.07 bits per heavy atom. The van der Waals surface area contributed by atoms with Crippen molar-refractivity contribution in [3.8, 4) is 0 Å². The zero-order chi connectivity index (χ0) is 11.6. The lowest BCUT2D eigenvalue weighted by molar-refractivity contribution is -0.145. The van der Waals surface area contributed by atoms with Gasteiger partial charge in [-0.05, 0) is 12.8 Å². The highest BCUT2D eigenvalue weighted by atomic mass is 32.2. The predicted molar refractivity (Wildman–Crippen MR) is 55.7 cm³/mol. The molecule has 2 atom stereocenters. The summed E-state index contributed by atoms with van der Waals surface area (Å²) < 4.78 is 29.2. The van der Waals surface area contributed by atoms with Crippen LogP contribution in [0.25, 0.3) is 0 Å². The molecule has 1 rings (SSSR count). The Labute approximate surface area is 90.4 Å². The number of esters is 1. The van der Waals surface area contributed by atoms with Gasteiger partial charge in [-0.25, -0.2) is 12.7 Å². The average molecular weight is 235 g/mol. The Morgan fingerprint density at radius 3 is 2.53 bits per heavy atom. The smallest absolute Gasteiger partial charge is 0.310 e. The SMILES string of the molecule is CCS(=O)(=O)N1CC(C)C(C(=O)OC)C1. The third kappa shape index (κ3) is 2.49. The summed E-state index contributed by atoms with van der Waals surface area (Å²) in [5.74, 6) is -0.542. The van der Waals surface area contributed by atoms with E-state index in [1.807, 2.05) is 6.92 Å². The first-order valence-electron chi connectivity index (χ1n) is 4.98. The third-order valence-electron chi connectivity index (χ3n) is 2.84. The van der Waals surface area contributed by atoms with E-state index in [0.717, 1.165) is 0 Å². The Balaban J connectivity index is 2.76. The highest BCUT2D eigenvalue weighted by molar-refractivity contribution is 7.89. The van der Waals surface area contributed by atoms with Crippen LogP contribution in [0.1, 0.15) is 13.8 Å². The monoisotopic (exact) mass is 235 g/mol. The number of methoxy groups -OCH3 is 1. The molecular formula is C9H17NO4S. The largest absolute Gasteiger partial charge is 0.469 e. The molecule has 0 radical (unpaired) electrons. The van der Waals surface area contributed by atoms with Gasteiger partial charge < -0.3 is 4.74 Å². The molecule has 0 aromatic rings. The van der Waals surface area contributed by atoms with Crippen molar-refractivity contribution < 1.29 is 17.9 Å². The summed E-state index contributed by atoms with van der Waals surface area (Å²) in [5, 5.41) is 0. The Bertz CT molecular complexity index is 338. The summed E-state index contributed by atoms with van der Waals surface area (Å²) >= 11 is 0. The van der Waals surface area contributed by atoms with Crippen LogP contribution in [0.15, 0.2) is 0 Å². The van der Waals surface area contributed by atoms with E-state index in [2.05, 4.69) is 4.74 Å². The Kier molecular flexibility index (Phi) is 3.72. The number of carbonyl (C=O) groups is 1. The van der Waals surface area contributed by atoms with Gasteiger partial charge in [0.05, 0.1) is 18.8 Å². The van der Waals surface area contributed by atoms with Crippen LogP contribution in [0.3, 0.4) is 0 Å². The van der Waals surface area contributed by atoms with E-state index < -0.39 is 10.0 Å². The van der Waals surface area contributed by atoms with Gasteiger partial charge in [-0.2, -0.15) is 0 Å². The van der Waals surface area contributed by atoms with Crippen molar-refractivity contribution >= 4 is 16.0 Å². The molecule has 0 aromatic carbocycles. The minimum Gasteiger partial charge on any atom is -0.469 e. The number of sulfonamides is 1. The molecular weight excluding hydrogens is 218 g/mol. The number of rotatable bonds is 3. The molecule has 0 aromatic heterocycles. The van der Waals surface area contributed by atoms with Crippen LogP contribution >= 0.6 is 0 Å².